The standard InChI is InChI=1S/C34H30N6O/c41-33(29-8-7-27-11-13-36-31(27)20-29)18-24-3-5-26(6-4-24)28-9-10-30-32(19-28)38-34(22-37-30)40-16-14-39(15-17-40)23-25-2-1-12-35-21-25/h1-10,12-13,19-22H,11,14-18,23H2. The van der Waals surface area contributed by atoms with E-state index in [2.05, 4.69) is 50.1 Å². The molecule has 0 radical (unpaired) electrons. The number of hydrogen-bond donors (Lipinski definition) is 0. The Balaban J connectivity index is 1.02. The molecule has 0 unspecified atom stereocenters. The Morgan fingerprint density at radius 2 is 1.66 bits per heavy atom. The van der Waals surface area contributed by atoms with Crippen LogP contribution in [-0.4, -0.2) is 58.0 Å². The van der Waals surface area contributed by atoms with Crippen LogP contribution in [0.2, 0.25) is 0 Å². The first-order valence-corrected chi connectivity index (χ1v) is 14.1. The average Bonchev–Trinajstić information content (AvgIpc) is 3.50. The minimum Gasteiger partial charge on any atom is -0.353 e. The predicted octanol–water partition coefficient (Wildman–Crippen LogP) is 5.70. The van der Waals surface area contributed by atoms with E-state index in [0.717, 1.165) is 78.4 Å². The number of ketones is 1. The van der Waals surface area contributed by atoms with Gasteiger partial charge in [-0.3, -0.25) is 24.7 Å². The number of pyridine rings is 1. The lowest BCUT2D eigenvalue weighted by molar-refractivity contribution is 0.0993. The summed E-state index contributed by atoms with van der Waals surface area (Å²) < 4.78 is 0. The van der Waals surface area contributed by atoms with Gasteiger partial charge >= 0.3 is 0 Å². The van der Waals surface area contributed by atoms with Crippen LogP contribution in [-0.2, 0) is 19.4 Å². The van der Waals surface area contributed by atoms with Gasteiger partial charge in [0.2, 0.25) is 0 Å². The maximum atomic E-state index is 12.9. The number of benzene rings is 3. The summed E-state index contributed by atoms with van der Waals surface area (Å²) in [5.41, 5.74) is 8.98. The van der Waals surface area contributed by atoms with Crippen molar-refractivity contribution in [1.29, 1.82) is 0 Å². The summed E-state index contributed by atoms with van der Waals surface area (Å²) in [4.78, 5) is 36.0. The molecule has 4 heterocycles. The maximum Gasteiger partial charge on any atom is 0.167 e. The molecule has 3 aromatic carbocycles. The van der Waals surface area contributed by atoms with Crippen LogP contribution in [0.25, 0.3) is 22.2 Å². The SMILES string of the molecule is O=C(Cc1ccc(-c2ccc3ncc(N4CCN(Cc5cccnc5)CC4)nc3c2)cc1)c1ccc2c(c1)N=CC2. The van der Waals surface area contributed by atoms with Gasteiger partial charge < -0.3 is 4.90 Å². The van der Waals surface area contributed by atoms with Crippen LogP contribution in [0.15, 0.2) is 96.4 Å². The molecule has 7 rings (SSSR count). The minimum absolute atomic E-state index is 0.106. The minimum atomic E-state index is 0.106. The second kappa shape index (κ2) is 11.0. The predicted molar refractivity (Wildman–Crippen MR) is 163 cm³/mol. The molecule has 0 bridgehead atoms. The number of piperazine rings is 1. The highest BCUT2D eigenvalue weighted by Crippen LogP contribution is 2.27. The van der Waals surface area contributed by atoms with E-state index in [-0.39, 0.29) is 5.78 Å². The molecule has 0 aliphatic carbocycles. The molecule has 41 heavy (non-hydrogen) atoms. The molecule has 0 N–H and O–H groups in total. The zero-order valence-electron chi connectivity index (χ0n) is 22.8. The Hall–Kier alpha value is -4.75. The van der Waals surface area contributed by atoms with Crippen LogP contribution in [0, 0.1) is 0 Å². The normalized spacial score (nSPS) is 14.9. The lowest BCUT2D eigenvalue weighted by Gasteiger charge is -2.35. The summed E-state index contributed by atoms with van der Waals surface area (Å²) in [6.07, 6.45) is 8.75. The van der Waals surface area contributed by atoms with E-state index >= 15 is 0 Å². The molecule has 2 aliphatic rings. The summed E-state index contributed by atoms with van der Waals surface area (Å²) in [6.45, 7) is 4.70. The number of aromatic nitrogens is 3. The Bertz CT molecular complexity index is 1740. The number of hydrogen-bond acceptors (Lipinski definition) is 7. The third kappa shape index (κ3) is 5.49. The van der Waals surface area contributed by atoms with Crippen molar-refractivity contribution in [3.63, 3.8) is 0 Å². The van der Waals surface area contributed by atoms with Gasteiger partial charge in [-0.1, -0.05) is 48.5 Å². The highest BCUT2D eigenvalue weighted by molar-refractivity contribution is 5.99. The number of carbonyl (C=O) groups is 1. The van der Waals surface area contributed by atoms with Gasteiger partial charge in [0.25, 0.3) is 0 Å². The second-order valence-electron chi connectivity index (χ2n) is 10.7. The first-order chi connectivity index (χ1) is 20.2. The van der Waals surface area contributed by atoms with Gasteiger partial charge in [-0.2, -0.15) is 0 Å². The Labute approximate surface area is 239 Å². The van der Waals surface area contributed by atoms with Gasteiger partial charge in [-0.25, -0.2) is 4.98 Å². The van der Waals surface area contributed by atoms with E-state index in [4.69, 9.17) is 9.97 Å². The lowest BCUT2D eigenvalue weighted by Crippen LogP contribution is -2.46. The Kier molecular flexibility index (Phi) is 6.78. The van der Waals surface area contributed by atoms with Crippen molar-refractivity contribution in [3.8, 4) is 11.1 Å². The monoisotopic (exact) mass is 538 g/mol. The van der Waals surface area contributed by atoms with Crippen LogP contribution < -0.4 is 4.90 Å². The first kappa shape index (κ1) is 25.2. The highest BCUT2D eigenvalue weighted by Gasteiger charge is 2.19. The average molecular weight is 539 g/mol. The molecule has 0 atom stereocenters. The molecule has 7 nitrogen and oxygen atoms in total. The van der Waals surface area contributed by atoms with Gasteiger partial charge in [0.15, 0.2) is 5.78 Å². The number of fused-ring (bicyclic) bond motifs is 2. The van der Waals surface area contributed by atoms with E-state index in [1.54, 1.807) is 0 Å². The molecule has 2 aliphatic heterocycles. The van der Waals surface area contributed by atoms with Gasteiger partial charge in [-0.05, 0) is 52.1 Å². The summed E-state index contributed by atoms with van der Waals surface area (Å²) in [6, 6.07) is 24.4. The van der Waals surface area contributed by atoms with Crippen LogP contribution in [0.1, 0.15) is 27.0 Å². The van der Waals surface area contributed by atoms with Crippen molar-refractivity contribution < 1.29 is 4.79 Å². The van der Waals surface area contributed by atoms with Crippen molar-refractivity contribution in [2.45, 2.75) is 19.4 Å². The topological polar surface area (TPSA) is 74.6 Å². The van der Waals surface area contributed by atoms with Gasteiger partial charge in [0, 0.05) is 69.7 Å². The van der Waals surface area contributed by atoms with Crippen LogP contribution in [0.3, 0.4) is 0 Å². The zero-order valence-corrected chi connectivity index (χ0v) is 22.8. The molecule has 202 valence electrons. The molecule has 0 amide bonds. The van der Waals surface area contributed by atoms with Crippen LogP contribution >= 0.6 is 0 Å². The molecule has 5 aromatic rings. The van der Waals surface area contributed by atoms with Crippen molar-refractivity contribution in [3.05, 3.63) is 114 Å². The summed E-state index contributed by atoms with van der Waals surface area (Å²) in [5.74, 6) is 1.02. The van der Waals surface area contributed by atoms with Crippen LogP contribution in [0.5, 0.6) is 0 Å². The molecular formula is C34H30N6O. The number of aliphatic imine (C=N–C) groups is 1. The lowest BCUT2D eigenvalue weighted by atomic mass is 9.98. The van der Waals surface area contributed by atoms with Crippen molar-refractivity contribution >= 4 is 34.5 Å². The summed E-state index contributed by atoms with van der Waals surface area (Å²) in [5, 5.41) is 0. The number of rotatable bonds is 7. The zero-order chi connectivity index (χ0) is 27.6. The van der Waals surface area contributed by atoms with Gasteiger partial charge in [-0.15, -0.1) is 0 Å². The second-order valence-corrected chi connectivity index (χ2v) is 10.7. The Morgan fingerprint density at radius 1 is 0.805 bits per heavy atom. The fourth-order valence-corrected chi connectivity index (χ4v) is 5.59. The molecule has 1 fully saturated rings. The molecule has 2 aromatic heterocycles. The fourth-order valence-electron chi connectivity index (χ4n) is 5.59. The van der Waals surface area contributed by atoms with Crippen molar-refractivity contribution in [1.82, 2.24) is 19.9 Å². The third-order valence-corrected chi connectivity index (χ3v) is 7.96. The maximum absolute atomic E-state index is 12.9. The highest BCUT2D eigenvalue weighted by atomic mass is 16.1. The third-order valence-electron chi connectivity index (χ3n) is 7.96. The molecule has 7 heteroatoms. The number of nitrogens with zero attached hydrogens (tertiary/aromatic N) is 6. The number of anilines is 1. The van der Waals surface area contributed by atoms with E-state index < -0.39 is 0 Å². The van der Waals surface area contributed by atoms with Crippen molar-refractivity contribution in [2.24, 2.45) is 4.99 Å². The van der Waals surface area contributed by atoms with E-state index in [0.29, 0.717) is 12.0 Å². The van der Waals surface area contributed by atoms with Crippen LogP contribution in [0.4, 0.5) is 11.5 Å². The quantitative estimate of drug-likeness (QED) is 0.248. The summed E-state index contributed by atoms with van der Waals surface area (Å²) >= 11 is 0. The number of Topliss-reactive ketones (excluding diaryl/α,β-unsaturated/α-hetero) is 1. The first-order valence-electron chi connectivity index (χ1n) is 14.1. The molecule has 1 saturated heterocycles. The van der Waals surface area contributed by atoms with Gasteiger partial charge in [0.1, 0.15) is 5.82 Å². The molecule has 0 spiro atoms. The number of carbonyl (C=O) groups excluding carboxylic acids is 1. The molecular weight excluding hydrogens is 508 g/mol. The van der Waals surface area contributed by atoms with E-state index in [9.17, 15) is 4.79 Å². The molecule has 0 saturated carbocycles. The largest absolute Gasteiger partial charge is 0.353 e. The fraction of sp³-hybridized carbons (Fsp3) is 0.206. The smallest absolute Gasteiger partial charge is 0.167 e. The van der Waals surface area contributed by atoms with Crippen molar-refractivity contribution in [2.75, 3.05) is 31.1 Å². The van der Waals surface area contributed by atoms with E-state index in [1.807, 2.05) is 67.3 Å². The van der Waals surface area contributed by atoms with E-state index in [1.165, 1.54) is 11.1 Å². The van der Waals surface area contributed by atoms with Gasteiger partial charge in [0.05, 0.1) is 22.9 Å². The summed E-state index contributed by atoms with van der Waals surface area (Å²) in [7, 11) is 0. The Morgan fingerprint density at radius 3 is 2.49 bits per heavy atom.